The molecule has 1 amide bonds. The summed E-state index contributed by atoms with van der Waals surface area (Å²) in [5, 5.41) is 7.69. The van der Waals surface area contributed by atoms with E-state index in [-0.39, 0.29) is 18.2 Å². The second kappa shape index (κ2) is 7.13. The number of nitrogens with zero attached hydrogens (tertiary/aromatic N) is 3. The van der Waals surface area contributed by atoms with Gasteiger partial charge in [-0.3, -0.25) is 4.68 Å². The molecule has 1 fully saturated rings. The molecule has 0 spiro atoms. The Bertz CT molecular complexity index is 467. The monoisotopic (exact) mass is 308 g/mol. The molecular formula is C16H28N4O2. The molecule has 2 heterocycles. The lowest BCUT2D eigenvalue weighted by Gasteiger charge is -2.32. The lowest BCUT2D eigenvalue weighted by atomic mass is 10.1. The predicted molar refractivity (Wildman–Crippen MR) is 85.7 cm³/mol. The number of rotatable bonds is 5. The first-order valence-electron chi connectivity index (χ1n) is 8.07. The fourth-order valence-corrected chi connectivity index (χ4v) is 2.84. The highest BCUT2D eigenvalue weighted by atomic mass is 16.6. The number of carbonyl (C=O) groups is 1. The highest BCUT2D eigenvalue weighted by Gasteiger charge is 2.35. The molecule has 124 valence electrons. The summed E-state index contributed by atoms with van der Waals surface area (Å²) in [5.74, 6) is 0. The molecule has 2 rings (SSSR count). The van der Waals surface area contributed by atoms with Crippen molar-refractivity contribution in [3.05, 3.63) is 18.5 Å². The van der Waals surface area contributed by atoms with Crippen LogP contribution in [-0.2, 0) is 11.3 Å². The van der Waals surface area contributed by atoms with Crippen LogP contribution in [0.3, 0.4) is 0 Å². The van der Waals surface area contributed by atoms with E-state index >= 15 is 0 Å². The van der Waals surface area contributed by atoms with Gasteiger partial charge in [0.1, 0.15) is 5.60 Å². The molecule has 1 aromatic heterocycles. The molecular weight excluding hydrogens is 280 g/mol. The zero-order valence-corrected chi connectivity index (χ0v) is 14.1. The quantitative estimate of drug-likeness (QED) is 0.906. The molecule has 0 aliphatic carbocycles. The molecule has 0 bridgehead atoms. The van der Waals surface area contributed by atoms with Gasteiger partial charge >= 0.3 is 6.09 Å². The topological polar surface area (TPSA) is 59.4 Å². The first kappa shape index (κ1) is 16.8. The van der Waals surface area contributed by atoms with E-state index in [1.54, 1.807) is 6.20 Å². The average Bonchev–Trinajstić information content (AvgIpc) is 3.07. The number of hydrogen-bond donors (Lipinski definition) is 1. The van der Waals surface area contributed by atoms with E-state index in [1.165, 1.54) is 0 Å². The summed E-state index contributed by atoms with van der Waals surface area (Å²) in [5.41, 5.74) is -0.443. The Morgan fingerprint density at radius 1 is 1.50 bits per heavy atom. The van der Waals surface area contributed by atoms with Gasteiger partial charge in [-0.15, -0.1) is 0 Å². The van der Waals surface area contributed by atoms with E-state index in [1.807, 2.05) is 42.6 Å². The Morgan fingerprint density at radius 3 is 2.91 bits per heavy atom. The smallest absolute Gasteiger partial charge is 0.410 e. The minimum absolute atomic E-state index is 0.198. The van der Waals surface area contributed by atoms with Crippen LogP contribution in [0.4, 0.5) is 4.79 Å². The number of carbonyl (C=O) groups excluding carboxylic acids is 1. The molecule has 0 radical (unpaired) electrons. The summed E-state index contributed by atoms with van der Waals surface area (Å²) in [6.07, 6.45) is 5.60. The molecule has 2 atom stereocenters. The van der Waals surface area contributed by atoms with Gasteiger partial charge in [0.2, 0.25) is 0 Å². The summed E-state index contributed by atoms with van der Waals surface area (Å²) in [4.78, 5) is 14.2. The Kier molecular flexibility index (Phi) is 5.45. The molecule has 1 aromatic rings. The normalized spacial score (nSPS) is 20.2. The highest BCUT2D eigenvalue weighted by molar-refractivity contribution is 5.69. The summed E-state index contributed by atoms with van der Waals surface area (Å²) < 4.78 is 7.41. The third-order valence-corrected chi connectivity index (χ3v) is 3.87. The number of hydrogen-bond acceptors (Lipinski definition) is 4. The van der Waals surface area contributed by atoms with E-state index in [9.17, 15) is 4.79 Å². The number of likely N-dealkylation sites (tertiary alicyclic amines) is 1. The van der Waals surface area contributed by atoms with Crippen LogP contribution < -0.4 is 5.32 Å². The average molecular weight is 308 g/mol. The maximum absolute atomic E-state index is 12.3. The van der Waals surface area contributed by atoms with Crippen molar-refractivity contribution in [1.29, 1.82) is 0 Å². The van der Waals surface area contributed by atoms with Crippen LogP contribution in [-0.4, -0.2) is 51.5 Å². The van der Waals surface area contributed by atoms with E-state index < -0.39 is 5.60 Å². The van der Waals surface area contributed by atoms with Crippen LogP contribution in [0, 0.1) is 0 Å². The van der Waals surface area contributed by atoms with Crippen molar-refractivity contribution < 1.29 is 9.53 Å². The number of aromatic nitrogens is 2. The summed E-state index contributed by atoms with van der Waals surface area (Å²) in [6.45, 7) is 10.3. The summed E-state index contributed by atoms with van der Waals surface area (Å²) in [7, 11) is 0. The van der Waals surface area contributed by atoms with Gasteiger partial charge in [0.05, 0.1) is 12.6 Å². The Labute approximate surface area is 132 Å². The van der Waals surface area contributed by atoms with Gasteiger partial charge in [0.25, 0.3) is 0 Å². The standard InChI is InChI=1S/C16H28N4O2/c1-13(17-9-12-19-10-6-8-18-19)14-7-5-11-20(14)15(21)22-16(2,3)4/h6,8,10,13-14,17H,5,7,9,11-12H2,1-4H3/t13?,14-/m1/s1. The van der Waals surface area contributed by atoms with Crippen molar-refractivity contribution in [1.82, 2.24) is 20.0 Å². The summed E-state index contributed by atoms with van der Waals surface area (Å²) in [6, 6.07) is 2.36. The largest absolute Gasteiger partial charge is 0.444 e. The summed E-state index contributed by atoms with van der Waals surface area (Å²) >= 11 is 0. The van der Waals surface area contributed by atoms with Crippen LogP contribution in [0.15, 0.2) is 18.5 Å². The lowest BCUT2D eigenvalue weighted by molar-refractivity contribution is 0.0200. The number of ether oxygens (including phenoxy) is 1. The van der Waals surface area contributed by atoms with Crippen LogP contribution in [0.2, 0.25) is 0 Å². The van der Waals surface area contributed by atoms with Crippen LogP contribution in [0.5, 0.6) is 0 Å². The Hall–Kier alpha value is -1.56. The fraction of sp³-hybridized carbons (Fsp3) is 0.750. The van der Waals surface area contributed by atoms with Crippen molar-refractivity contribution in [3.63, 3.8) is 0 Å². The molecule has 0 saturated carbocycles. The van der Waals surface area contributed by atoms with Crippen molar-refractivity contribution in [2.24, 2.45) is 0 Å². The molecule has 1 aliphatic rings. The molecule has 1 saturated heterocycles. The molecule has 6 heteroatoms. The van der Waals surface area contributed by atoms with Gasteiger partial charge < -0.3 is 15.0 Å². The van der Waals surface area contributed by atoms with Gasteiger partial charge in [0, 0.05) is 31.5 Å². The zero-order chi connectivity index (χ0) is 16.2. The van der Waals surface area contributed by atoms with E-state index in [0.29, 0.717) is 0 Å². The highest BCUT2D eigenvalue weighted by Crippen LogP contribution is 2.23. The second-order valence-electron chi connectivity index (χ2n) is 6.90. The molecule has 1 unspecified atom stereocenters. The Balaban J connectivity index is 1.82. The van der Waals surface area contributed by atoms with Crippen LogP contribution in [0.1, 0.15) is 40.5 Å². The van der Waals surface area contributed by atoms with Crippen LogP contribution >= 0.6 is 0 Å². The van der Waals surface area contributed by atoms with Crippen molar-refractivity contribution >= 4 is 6.09 Å². The number of nitrogens with one attached hydrogen (secondary N) is 1. The maximum atomic E-state index is 12.3. The Morgan fingerprint density at radius 2 is 2.27 bits per heavy atom. The molecule has 6 nitrogen and oxygen atoms in total. The second-order valence-corrected chi connectivity index (χ2v) is 6.90. The molecule has 1 N–H and O–H groups in total. The predicted octanol–water partition coefficient (Wildman–Crippen LogP) is 2.26. The van der Waals surface area contributed by atoms with E-state index in [0.717, 1.165) is 32.5 Å². The van der Waals surface area contributed by atoms with Crippen LogP contribution in [0.25, 0.3) is 0 Å². The van der Waals surface area contributed by atoms with Gasteiger partial charge in [-0.25, -0.2) is 4.79 Å². The first-order valence-corrected chi connectivity index (χ1v) is 8.07. The first-order chi connectivity index (χ1) is 10.4. The molecule has 22 heavy (non-hydrogen) atoms. The van der Waals surface area contributed by atoms with Gasteiger partial charge in [-0.05, 0) is 46.6 Å². The number of amides is 1. The van der Waals surface area contributed by atoms with E-state index in [4.69, 9.17) is 4.74 Å². The minimum atomic E-state index is -0.443. The van der Waals surface area contributed by atoms with E-state index in [2.05, 4.69) is 17.3 Å². The lowest BCUT2D eigenvalue weighted by Crippen LogP contribution is -2.49. The van der Waals surface area contributed by atoms with Crippen molar-refractivity contribution in [2.75, 3.05) is 13.1 Å². The zero-order valence-electron chi connectivity index (χ0n) is 14.1. The minimum Gasteiger partial charge on any atom is -0.444 e. The molecule has 0 aromatic carbocycles. The molecule has 1 aliphatic heterocycles. The van der Waals surface area contributed by atoms with Gasteiger partial charge in [0.15, 0.2) is 0 Å². The van der Waals surface area contributed by atoms with Gasteiger partial charge in [-0.1, -0.05) is 0 Å². The van der Waals surface area contributed by atoms with Gasteiger partial charge in [-0.2, -0.15) is 5.10 Å². The fourth-order valence-electron chi connectivity index (χ4n) is 2.84. The SMILES string of the molecule is CC(NCCn1cccn1)[C@H]1CCCN1C(=O)OC(C)(C)C. The maximum Gasteiger partial charge on any atom is 0.410 e. The third-order valence-electron chi connectivity index (χ3n) is 3.87. The third kappa shape index (κ3) is 4.73. The van der Waals surface area contributed by atoms with Crippen molar-refractivity contribution in [3.8, 4) is 0 Å². The van der Waals surface area contributed by atoms with Crippen molar-refractivity contribution in [2.45, 2.75) is 64.8 Å².